The van der Waals surface area contributed by atoms with Gasteiger partial charge in [0.2, 0.25) is 5.95 Å². The van der Waals surface area contributed by atoms with Gasteiger partial charge in [-0.1, -0.05) is 6.07 Å². The maximum Gasteiger partial charge on any atom is 0.266 e. The second kappa shape index (κ2) is 8.08. The maximum absolute atomic E-state index is 14.1. The number of nitrogens with one attached hydrogen (secondary N) is 1. The number of nitriles is 1. The van der Waals surface area contributed by atoms with Gasteiger partial charge in [0.05, 0.1) is 22.6 Å². The van der Waals surface area contributed by atoms with Gasteiger partial charge in [-0.2, -0.15) is 15.2 Å². The zero-order valence-corrected chi connectivity index (χ0v) is 17.7. The molecule has 170 valence electrons. The summed E-state index contributed by atoms with van der Waals surface area (Å²) in [6.07, 6.45) is 1.63. The van der Waals surface area contributed by atoms with Crippen molar-refractivity contribution in [3.8, 4) is 11.8 Å². The van der Waals surface area contributed by atoms with Gasteiger partial charge in [-0.3, -0.25) is 9.36 Å². The summed E-state index contributed by atoms with van der Waals surface area (Å²) in [6.45, 7) is 0. The van der Waals surface area contributed by atoms with E-state index < -0.39 is 23.2 Å². The quantitative estimate of drug-likeness (QED) is 0.411. The van der Waals surface area contributed by atoms with E-state index in [0.29, 0.717) is 0 Å². The van der Waals surface area contributed by atoms with E-state index in [4.69, 9.17) is 11.5 Å². The first kappa shape index (κ1) is 21.3. The molecular formula is C23H18F2N8O. The average molecular weight is 460 g/mol. The van der Waals surface area contributed by atoms with Crippen molar-refractivity contribution in [2.45, 2.75) is 18.9 Å². The van der Waals surface area contributed by atoms with Crippen LogP contribution in [0.4, 0.5) is 26.4 Å². The van der Waals surface area contributed by atoms with Gasteiger partial charge in [0.15, 0.2) is 5.82 Å². The van der Waals surface area contributed by atoms with Gasteiger partial charge in [-0.05, 0) is 55.2 Å². The van der Waals surface area contributed by atoms with Crippen LogP contribution >= 0.6 is 0 Å². The van der Waals surface area contributed by atoms with Crippen LogP contribution in [0.2, 0.25) is 0 Å². The predicted octanol–water partition coefficient (Wildman–Crippen LogP) is 3.05. The molecule has 5 rings (SSSR count). The van der Waals surface area contributed by atoms with E-state index in [1.54, 1.807) is 6.07 Å². The molecule has 1 aliphatic carbocycles. The number of fused-ring (bicyclic) bond motifs is 1. The lowest BCUT2D eigenvalue weighted by atomic mass is 10.1. The summed E-state index contributed by atoms with van der Waals surface area (Å²) in [5.41, 5.74) is 11.5. The Bertz CT molecular complexity index is 1540. The Kier molecular flexibility index (Phi) is 5.05. The lowest BCUT2D eigenvalue weighted by molar-refractivity contribution is 0.602. The molecule has 1 saturated carbocycles. The van der Waals surface area contributed by atoms with Crippen LogP contribution < -0.4 is 22.3 Å². The fourth-order valence-corrected chi connectivity index (χ4v) is 3.93. The molecule has 0 saturated heterocycles. The van der Waals surface area contributed by atoms with E-state index >= 15 is 0 Å². The largest absolute Gasteiger partial charge is 0.382 e. The summed E-state index contributed by atoms with van der Waals surface area (Å²) >= 11 is 0. The summed E-state index contributed by atoms with van der Waals surface area (Å²) in [5.74, 6) is -0.954. The number of benzene rings is 2. The minimum Gasteiger partial charge on any atom is -0.382 e. The molecule has 0 bridgehead atoms. The lowest BCUT2D eigenvalue weighted by Gasteiger charge is -2.23. The van der Waals surface area contributed by atoms with Crippen molar-refractivity contribution in [2.24, 2.45) is 5.92 Å². The molecule has 2 aromatic carbocycles. The Morgan fingerprint density at radius 3 is 2.56 bits per heavy atom. The van der Waals surface area contributed by atoms with Gasteiger partial charge < -0.3 is 16.8 Å². The number of nitrogens with zero attached hydrogens (tertiary/aromatic N) is 5. The Morgan fingerprint density at radius 2 is 1.85 bits per heavy atom. The molecule has 0 spiro atoms. The Morgan fingerprint density at radius 1 is 1.09 bits per heavy atom. The van der Waals surface area contributed by atoms with Crippen LogP contribution in [0.1, 0.15) is 30.3 Å². The van der Waals surface area contributed by atoms with Gasteiger partial charge in [0.25, 0.3) is 5.56 Å². The van der Waals surface area contributed by atoms with Crippen LogP contribution in [0.3, 0.4) is 0 Å². The van der Waals surface area contributed by atoms with Crippen molar-refractivity contribution in [1.82, 2.24) is 19.5 Å². The van der Waals surface area contributed by atoms with Crippen LogP contribution in [0.5, 0.6) is 0 Å². The third-order valence-corrected chi connectivity index (χ3v) is 5.65. The molecule has 1 aliphatic rings. The summed E-state index contributed by atoms with van der Waals surface area (Å²) in [5, 5.41) is 12.8. The van der Waals surface area contributed by atoms with E-state index in [1.807, 2.05) is 6.07 Å². The van der Waals surface area contributed by atoms with Crippen molar-refractivity contribution < 1.29 is 8.78 Å². The predicted molar refractivity (Wildman–Crippen MR) is 122 cm³/mol. The molecular weight excluding hydrogens is 442 g/mol. The smallest absolute Gasteiger partial charge is 0.266 e. The standard InChI is InChI=1S/C23H18F2N8O/c24-12-2-1-3-14(8-12)33-21(29-17-7-6-13(25)9-15(17)22(33)34)18(11-4-5-11)30-20-16(10-26)19(27)31-23(28)32-20/h1-3,6-9,11,18H,4-5H2,(H5,27,28,30,31,32)/t18-/m0/s1. The highest BCUT2D eigenvalue weighted by molar-refractivity contribution is 5.78. The van der Waals surface area contributed by atoms with E-state index in [-0.39, 0.29) is 51.5 Å². The highest BCUT2D eigenvalue weighted by Gasteiger charge is 2.37. The molecule has 5 N–H and O–H groups in total. The van der Waals surface area contributed by atoms with E-state index in [1.165, 1.54) is 34.9 Å². The topological polar surface area (TPSA) is 149 Å². The van der Waals surface area contributed by atoms with Crippen molar-refractivity contribution in [2.75, 3.05) is 16.8 Å². The number of nitrogen functional groups attached to an aromatic ring is 2. The Hall–Kier alpha value is -4.59. The Balaban J connectivity index is 1.76. The number of nitrogens with two attached hydrogens (primary N) is 2. The average Bonchev–Trinajstić information content (AvgIpc) is 3.63. The molecule has 0 aliphatic heterocycles. The summed E-state index contributed by atoms with van der Waals surface area (Å²) in [7, 11) is 0. The molecule has 1 fully saturated rings. The van der Waals surface area contributed by atoms with E-state index in [9.17, 15) is 18.8 Å². The normalized spacial score (nSPS) is 14.0. The highest BCUT2D eigenvalue weighted by atomic mass is 19.1. The van der Waals surface area contributed by atoms with Crippen molar-refractivity contribution in [1.29, 1.82) is 5.26 Å². The first-order chi connectivity index (χ1) is 16.4. The van der Waals surface area contributed by atoms with Gasteiger partial charge in [0.1, 0.15) is 34.9 Å². The van der Waals surface area contributed by atoms with Gasteiger partial charge in [-0.15, -0.1) is 0 Å². The van der Waals surface area contributed by atoms with Crippen LogP contribution in [-0.2, 0) is 0 Å². The van der Waals surface area contributed by atoms with Gasteiger partial charge in [0, 0.05) is 0 Å². The monoisotopic (exact) mass is 460 g/mol. The first-order valence-corrected chi connectivity index (χ1v) is 10.4. The fraction of sp³-hybridized carbons (Fsp3) is 0.174. The van der Waals surface area contributed by atoms with Crippen LogP contribution in [-0.4, -0.2) is 19.5 Å². The number of anilines is 3. The third kappa shape index (κ3) is 3.75. The summed E-state index contributed by atoms with van der Waals surface area (Å²) in [4.78, 5) is 26.1. The number of halogens is 2. The van der Waals surface area contributed by atoms with Crippen molar-refractivity contribution in [3.63, 3.8) is 0 Å². The minimum atomic E-state index is -0.605. The zero-order valence-electron chi connectivity index (χ0n) is 17.7. The van der Waals surface area contributed by atoms with Crippen LogP contribution in [0.15, 0.2) is 47.3 Å². The zero-order chi connectivity index (χ0) is 24.0. The van der Waals surface area contributed by atoms with Crippen LogP contribution in [0, 0.1) is 28.9 Å². The summed E-state index contributed by atoms with van der Waals surface area (Å²) in [6, 6.07) is 10.6. The molecule has 0 radical (unpaired) electrons. The molecule has 11 heteroatoms. The number of hydrogen-bond acceptors (Lipinski definition) is 8. The third-order valence-electron chi connectivity index (χ3n) is 5.65. The second-order valence-electron chi connectivity index (χ2n) is 8.01. The molecule has 34 heavy (non-hydrogen) atoms. The molecule has 4 aromatic rings. The minimum absolute atomic E-state index is 0.00219. The molecule has 2 heterocycles. The number of hydrogen-bond donors (Lipinski definition) is 3. The molecule has 0 unspecified atom stereocenters. The molecule has 9 nitrogen and oxygen atoms in total. The summed E-state index contributed by atoms with van der Waals surface area (Å²) < 4.78 is 29.3. The van der Waals surface area contributed by atoms with E-state index in [0.717, 1.165) is 18.9 Å². The number of rotatable bonds is 5. The highest BCUT2D eigenvalue weighted by Crippen LogP contribution is 2.43. The van der Waals surface area contributed by atoms with Gasteiger partial charge >= 0.3 is 0 Å². The molecule has 2 aromatic heterocycles. The lowest BCUT2D eigenvalue weighted by Crippen LogP contribution is -2.29. The SMILES string of the molecule is N#Cc1c(N)nc(N)nc1N[C@H](c1nc2ccc(F)cc2c(=O)n1-c1cccc(F)c1)C1CC1. The Labute approximate surface area is 191 Å². The molecule has 0 amide bonds. The van der Waals surface area contributed by atoms with Crippen molar-refractivity contribution in [3.05, 3.63) is 75.8 Å². The number of aromatic nitrogens is 4. The molecule has 1 atom stereocenters. The van der Waals surface area contributed by atoms with Gasteiger partial charge in [-0.25, -0.2) is 13.8 Å². The second-order valence-corrected chi connectivity index (χ2v) is 8.01. The van der Waals surface area contributed by atoms with Crippen LogP contribution in [0.25, 0.3) is 16.6 Å². The maximum atomic E-state index is 14.1. The first-order valence-electron chi connectivity index (χ1n) is 10.4. The van der Waals surface area contributed by atoms with Crippen molar-refractivity contribution >= 4 is 28.5 Å². The fourth-order valence-electron chi connectivity index (χ4n) is 3.93. The van der Waals surface area contributed by atoms with E-state index in [2.05, 4.69) is 20.3 Å².